The van der Waals surface area contributed by atoms with Crippen LogP contribution in [0.2, 0.25) is 0 Å². The number of rotatable bonds is 4. The number of hydrogen-bond donors (Lipinski definition) is 3. The van der Waals surface area contributed by atoms with Crippen molar-refractivity contribution in [2.45, 2.75) is 25.1 Å². The molecule has 1 atom stereocenters. The Bertz CT molecular complexity index is 496. The van der Waals surface area contributed by atoms with Gasteiger partial charge < -0.3 is 15.9 Å². The SMILES string of the molecule is Cl.N[C@@H](CCC(F)(F)F)c1cc(O)c(O)c([N+](=O)[O-])c1. The average Bonchev–Trinajstić information content (AvgIpc) is 2.28. The van der Waals surface area contributed by atoms with Crippen molar-refractivity contribution >= 4 is 18.1 Å². The highest BCUT2D eigenvalue weighted by Gasteiger charge is 2.29. The van der Waals surface area contributed by atoms with Crippen molar-refractivity contribution in [1.82, 2.24) is 0 Å². The van der Waals surface area contributed by atoms with Crippen molar-refractivity contribution < 1.29 is 28.3 Å². The first-order valence-electron chi connectivity index (χ1n) is 5.14. The molecule has 0 aliphatic heterocycles. The number of nitro benzene ring substituents is 1. The van der Waals surface area contributed by atoms with E-state index in [1.54, 1.807) is 0 Å². The van der Waals surface area contributed by atoms with Gasteiger partial charge in [-0.05, 0) is 18.1 Å². The zero-order valence-corrected chi connectivity index (χ0v) is 10.7. The first-order chi connectivity index (χ1) is 8.61. The molecule has 10 heteroatoms. The van der Waals surface area contributed by atoms with Crippen LogP contribution in [0, 0.1) is 10.1 Å². The van der Waals surface area contributed by atoms with Crippen LogP contribution < -0.4 is 5.73 Å². The smallest absolute Gasteiger partial charge is 0.389 e. The Morgan fingerprint density at radius 3 is 2.35 bits per heavy atom. The van der Waals surface area contributed by atoms with Crippen molar-refractivity contribution in [2.75, 3.05) is 0 Å². The molecule has 20 heavy (non-hydrogen) atoms. The molecule has 0 aliphatic carbocycles. The second-order valence-electron chi connectivity index (χ2n) is 3.93. The number of aromatic hydroxyl groups is 2. The summed E-state index contributed by atoms with van der Waals surface area (Å²) in [5, 5.41) is 29.1. The molecule has 1 aromatic rings. The molecule has 0 radical (unpaired) electrons. The molecule has 0 spiro atoms. The van der Waals surface area contributed by atoms with Gasteiger partial charge in [-0.25, -0.2) is 0 Å². The number of benzene rings is 1. The number of nitro groups is 1. The second-order valence-corrected chi connectivity index (χ2v) is 3.93. The van der Waals surface area contributed by atoms with E-state index in [0.29, 0.717) is 0 Å². The van der Waals surface area contributed by atoms with Gasteiger partial charge in [0.05, 0.1) is 4.92 Å². The Kier molecular flexibility index (Phi) is 6.04. The monoisotopic (exact) mass is 316 g/mol. The van der Waals surface area contributed by atoms with Crippen molar-refractivity contribution in [3.63, 3.8) is 0 Å². The largest absolute Gasteiger partial charge is 0.504 e. The van der Waals surface area contributed by atoms with Gasteiger partial charge in [0, 0.05) is 18.5 Å². The van der Waals surface area contributed by atoms with Gasteiger partial charge in [0.2, 0.25) is 5.75 Å². The molecule has 1 aromatic carbocycles. The summed E-state index contributed by atoms with van der Waals surface area (Å²) in [5.74, 6) is -1.75. The Morgan fingerprint density at radius 1 is 1.35 bits per heavy atom. The quantitative estimate of drug-likeness (QED) is 0.449. The van der Waals surface area contributed by atoms with E-state index >= 15 is 0 Å². The number of halogens is 4. The van der Waals surface area contributed by atoms with Crippen LogP contribution in [0.4, 0.5) is 18.9 Å². The molecule has 0 fully saturated rings. The maximum Gasteiger partial charge on any atom is 0.389 e. The van der Waals surface area contributed by atoms with E-state index in [1.165, 1.54) is 0 Å². The van der Waals surface area contributed by atoms with Crippen molar-refractivity contribution in [3.8, 4) is 11.5 Å². The van der Waals surface area contributed by atoms with Crippen LogP contribution in [-0.2, 0) is 0 Å². The topological polar surface area (TPSA) is 110 Å². The highest BCUT2D eigenvalue weighted by atomic mass is 35.5. The molecule has 1 rings (SSSR count). The maximum absolute atomic E-state index is 12.0. The summed E-state index contributed by atoms with van der Waals surface area (Å²) in [5.41, 5.74) is 4.62. The summed E-state index contributed by atoms with van der Waals surface area (Å²) in [4.78, 5) is 9.62. The third-order valence-electron chi connectivity index (χ3n) is 2.46. The molecule has 0 saturated heterocycles. The summed E-state index contributed by atoms with van der Waals surface area (Å²) in [6.07, 6.45) is -6.02. The lowest BCUT2D eigenvalue weighted by Gasteiger charge is -2.14. The second kappa shape index (κ2) is 6.62. The van der Waals surface area contributed by atoms with Crippen molar-refractivity contribution in [3.05, 3.63) is 27.8 Å². The van der Waals surface area contributed by atoms with Crippen LogP contribution in [0.25, 0.3) is 0 Å². The van der Waals surface area contributed by atoms with Crippen LogP contribution >= 0.6 is 12.4 Å². The fourth-order valence-corrected chi connectivity index (χ4v) is 1.46. The molecule has 0 bridgehead atoms. The summed E-state index contributed by atoms with van der Waals surface area (Å²) in [6.45, 7) is 0. The molecule has 0 heterocycles. The summed E-state index contributed by atoms with van der Waals surface area (Å²) >= 11 is 0. The summed E-state index contributed by atoms with van der Waals surface area (Å²) < 4.78 is 36.1. The van der Waals surface area contributed by atoms with Gasteiger partial charge in [-0.1, -0.05) is 0 Å². The van der Waals surface area contributed by atoms with E-state index in [9.17, 15) is 33.5 Å². The van der Waals surface area contributed by atoms with Crippen LogP contribution in [0.15, 0.2) is 12.1 Å². The standard InChI is InChI=1S/C10H11F3N2O4.ClH/c11-10(12,13)2-1-6(14)5-3-7(15(18)19)9(17)8(16)4-5;/h3-4,6,16-17H,1-2,14H2;1H/t6-;/m0./s1. The lowest BCUT2D eigenvalue weighted by Crippen LogP contribution is -2.16. The molecular formula is C10H12ClF3N2O4. The molecule has 0 saturated carbocycles. The van der Waals surface area contributed by atoms with Gasteiger partial charge in [0.15, 0.2) is 5.75 Å². The van der Waals surface area contributed by atoms with Crippen molar-refractivity contribution in [1.29, 1.82) is 0 Å². The van der Waals surface area contributed by atoms with E-state index in [0.717, 1.165) is 12.1 Å². The van der Waals surface area contributed by atoms with Crippen LogP contribution in [0.5, 0.6) is 11.5 Å². The predicted molar refractivity (Wildman–Crippen MR) is 65.9 cm³/mol. The van der Waals surface area contributed by atoms with E-state index in [-0.39, 0.29) is 18.0 Å². The van der Waals surface area contributed by atoms with Gasteiger partial charge in [-0.15, -0.1) is 12.4 Å². The number of hydrogen-bond acceptors (Lipinski definition) is 5. The molecule has 6 nitrogen and oxygen atoms in total. The Hall–Kier alpha value is -1.74. The highest BCUT2D eigenvalue weighted by Crippen LogP contribution is 2.38. The number of nitrogens with zero attached hydrogens (tertiary/aromatic N) is 1. The summed E-state index contributed by atoms with van der Waals surface area (Å²) in [7, 11) is 0. The lowest BCUT2D eigenvalue weighted by molar-refractivity contribution is -0.386. The fraction of sp³-hybridized carbons (Fsp3) is 0.400. The zero-order chi connectivity index (χ0) is 14.8. The number of phenols is 2. The minimum atomic E-state index is -4.39. The molecule has 0 aromatic heterocycles. The predicted octanol–water partition coefficient (Wildman–Crippen LogP) is 2.77. The number of phenolic OH excluding ortho intramolecular Hbond substituents is 2. The first kappa shape index (κ1) is 18.3. The van der Waals surface area contributed by atoms with Gasteiger partial charge in [0.1, 0.15) is 0 Å². The zero-order valence-electron chi connectivity index (χ0n) is 9.92. The van der Waals surface area contributed by atoms with E-state index in [4.69, 9.17) is 5.73 Å². The Balaban J connectivity index is 0.00000361. The normalized spacial score (nSPS) is 12.6. The third kappa shape index (κ3) is 4.74. The molecule has 4 N–H and O–H groups in total. The van der Waals surface area contributed by atoms with Crippen LogP contribution in [-0.4, -0.2) is 21.3 Å². The minimum absolute atomic E-state index is 0. The highest BCUT2D eigenvalue weighted by molar-refractivity contribution is 5.85. The first-order valence-corrected chi connectivity index (χ1v) is 5.14. The average molecular weight is 317 g/mol. The van der Waals surface area contributed by atoms with E-state index in [2.05, 4.69) is 0 Å². The molecular weight excluding hydrogens is 305 g/mol. The maximum atomic E-state index is 12.0. The Morgan fingerprint density at radius 2 is 1.90 bits per heavy atom. The number of nitrogens with two attached hydrogens (primary N) is 1. The minimum Gasteiger partial charge on any atom is -0.504 e. The molecule has 0 amide bonds. The number of alkyl halides is 3. The van der Waals surface area contributed by atoms with Gasteiger partial charge in [-0.2, -0.15) is 13.2 Å². The fourth-order valence-electron chi connectivity index (χ4n) is 1.46. The lowest BCUT2D eigenvalue weighted by atomic mass is 10.0. The van der Waals surface area contributed by atoms with Gasteiger partial charge >= 0.3 is 11.9 Å². The molecule has 114 valence electrons. The Labute approximate surface area is 117 Å². The van der Waals surface area contributed by atoms with Crippen LogP contribution in [0.3, 0.4) is 0 Å². The molecule has 0 aliphatic rings. The summed E-state index contributed by atoms with van der Waals surface area (Å²) in [6, 6.07) is 0.617. The van der Waals surface area contributed by atoms with Gasteiger partial charge in [0.25, 0.3) is 0 Å². The third-order valence-corrected chi connectivity index (χ3v) is 2.46. The van der Waals surface area contributed by atoms with E-state index in [1.807, 2.05) is 0 Å². The van der Waals surface area contributed by atoms with Crippen LogP contribution in [0.1, 0.15) is 24.4 Å². The van der Waals surface area contributed by atoms with E-state index < -0.39 is 47.2 Å². The van der Waals surface area contributed by atoms with Gasteiger partial charge in [-0.3, -0.25) is 10.1 Å². The molecule has 0 unspecified atom stereocenters. The van der Waals surface area contributed by atoms with Crippen molar-refractivity contribution in [2.24, 2.45) is 5.73 Å².